The number of halogens is 1. The van der Waals surface area contributed by atoms with Gasteiger partial charge in [-0.15, -0.1) is 0 Å². The lowest BCUT2D eigenvalue weighted by molar-refractivity contribution is -0.112. The van der Waals surface area contributed by atoms with E-state index in [4.69, 9.17) is 21.1 Å². The van der Waals surface area contributed by atoms with Crippen LogP contribution in [0.2, 0.25) is 5.02 Å². The number of nitriles is 1. The number of benzene rings is 2. The molecule has 1 amide bonds. The Labute approximate surface area is 164 Å². The number of aryl methyl sites for hydroxylation is 1. The van der Waals surface area contributed by atoms with Crippen molar-refractivity contribution in [2.75, 3.05) is 12.4 Å². The zero-order chi connectivity index (χ0) is 20.0. The fourth-order valence-electron chi connectivity index (χ4n) is 2.31. The van der Waals surface area contributed by atoms with E-state index in [0.717, 1.165) is 5.56 Å². The van der Waals surface area contributed by atoms with E-state index in [9.17, 15) is 10.1 Å². The molecular weight excluding hydrogens is 364 g/mol. The third-order valence-electron chi connectivity index (χ3n) is 3.66. The molecule has 0 unspecified atom stereocenters. The van der Waals surface area contributed by atoms with Gasteiger partial charge >= 0.3 is 0 Å². The maximum absolute atomic E-state index is 12.4. The smallest absolute Gasteiger partial charge is 0.266 e. The van der Waals surface area contributed by atoms with Gasteiger partial charge in [-0.2, -0.15) is 5.26 Å². The average molecular weight is 385 g/mol. The monoisotopic (exact) mass is 384 g/mol. The lowest BCUT2D eigenvalue weighted by Gasteiger charge is -2.14. The van der Waals surface area contributed by atoms with Crippen LogP contribution < -0.4 is 14.8 Å². The van der Waals surface area contributed by atoms with Gasteiger partial charge in [0, 0.05) is 10.7 Å². The van der Waals surface area contributed by atoms with Crippen molar-refractivity contribution in [3.8, 4) is 17.6 Å². The molecule has 140 valence electrons. The average Bonchev–Trinajstić information content (AvgIpc) is 2.63. The van der Waals surface area contributed by atoms with Gasteiger partial charge in [-0.1, -0.05) is 23.7 Å². The van der Waals surface area contributed by atoms with E-state index in [1.807, 2.05) is 26.8 Å². The summed E-state index contributed by atoms with van der Waals surface area (Å²) in [5.74, 6) is 0.612. The van der Waals surface area contributed by atoms with Crippen LogP contribution in [0.25, 0.3) is 6.08 Å². The standard InChI is InChI=1S/C21H21ClN2O3/c1-13(2)27-19-8-6-15(10-20(19)26-4)9-16(12-23)21(25)24-17-7-5-14(3)18(22)11-17/h5-11,13H,1-4H3,(H,24,25)/b16-9+. The number of rotatable bonds is 6. The lowest BCUT2D eigenvalue weighted by Crippen LogP contribution is -2.13. The Kier molecular flexibility index (Phi) is 6.86. The molecule has 5 nitrogen and oxygen atoms in total. The van der Waals surface area contributed by atoms with Crippen LogP contribution in [0, 0.1) is 18.3 Å². The Hall–Kier alpha value is -2.97. The van der Waals surface area contributed by atoms with Gasteiger partial charge in [-0.3, -0.25) is 4.79 Å². The fraction of sp³-hybridized carbons (Fsp3) is 0.238. The van der Waals surface area contributed by atoms with E-state index >= 15 is 0 Å². The zero-order valence-electron chi connectivity index (χ0n) is 15.7. The Bertz CT molecular complexity index is 914. The van der Waals surface area contributed by atoms with Crippen LogP contribution in [0.5, 0.6) is 11.5 Å². The van der Waals surface area contributed by atoms with Gasteiger partial charge < -0.3 is 14.8 Å². The van der Waals surface area contributed by atoms with Crippen LogP contribution in [0.15, 0.2) is 42.0 Å². The quantitative estimate of drug-likeness (QED) is 0.562. The fourth-order valence-corrected chi connectivity index (χ4v) is 2.49. The summed E-state index contributed by atoms with van der Waals surface area (Å²) in [7, 11) is 1.54. The van der Waals surface area contributed by atoms with Crippen molar-refractivity contribution < 1.29 is 14.3 Å². The molecule has 0 saturated heterocycles. The molecule has 2 rings (SSSR count). The van der Waals surface area contributed by atoms with Crippen molar-refractivity contribution >= 4 is 29.3 Å². The van der Waals surface area contributed by atoms with Gasteiger partial charge in [0.15, 0.2) is 11.5 Å². The van der Waals surface area contributed by atoms with E-state index < -0.39 is 5.91 Å². The second-order valence-electron chi connectivity index (χ2n) is 6.16. The zero-order valence-corrected chi connectivity index (χ0v) is 16.4. The summed E-state index contributed by atoms with van der Waals surface area (Å²) >= 11 is 6.07. The Morgan fingerprint density at radius 1 is 1.22 bits per heavy atom. The molecule has 0 atom stereocenters. The first-order valence-electron chi connectivity index (χ1n) is 8.38. The number of nitrogens with zero attached hydrogens (tertiary/aromatic N) is 1. The van der Waals surface area contributed by atoms with Gasteiger partial charge in [0.2, 0.25) is 0 Å². The highest BCUT2D eigenvalue weighted by molar-refractivity contribution is 6.31. The predicted octanol–water partition coefficient (Wildman–Crippen LogP) is 4.99. The van der Waals surface area contributed by atoms with Crippen LogP contribution in [-0.4, -0.2) is 19.1 Å². The van der Waals surface area contributed by atoms with Crippen molar-refractivity contribution in [3.05, 3.63) is 58.1 Å². The Balaban J connectivity index is 2.25. The second-order valence-corrected chi connectivity index (χ2v) is 6.57. The molecule has 0 saturated carbocycles. The number of nitrogens with one attached hydrogen (secondary N) is 1. The van der Waals surface area contributed by atoms with E-state index in [1.165, 1.54) is 13.2 Å². The van der Waals surface area contributed by atoms with Gasteiger partial charge in [0.25, 0.3) is 5.91 Å². The topological polar surface area (TPSA) is 71.3 Å². The molecule has 0 aliphatic carbocycles. The number of ether oxygens (including phenoxy) is 2. The number of methoxy groups -OCH3 is 1. The number of hydrogen-bond donors (Lipinski definition) is 1. The molecule has 0 aromatic heterocycles. The summed E-state index contributed by atoms with van der Waals surface area (Å²) in [5.41, 5.74) is 2.04. The van der Waals surface area contributed by atoms with E-state index in [-0.39, 0.29) is 11.7 Å². The van der Waals surface area contributed by atoms with Crippen LogP contribution in [0.3, 0.4) is 0 Å². The highest BCUT2D eigenvalue weighted by atomic mass is 35.5. The number of amides is 1. The molecule has 0 heterocycles. The van der Waals surface area contributed by atoms with Crippen molar-refractivity contribution in [3.63, 3.8) is 0 Å². The third kappa shape index (κ3) is 5.50. The lowest BCUT2D eigenvalue weighted by atomic mass is 10.1. The molecule has 0 aliphatic rings. The van der Waals surface area contributed by atoms with E-state index in [0.29, 0.717) is 27.8 Å². The van der Waals surface area contributed by atoms with E-state index in [1.54, 1.807) is 36.4 Å². The Morgan fingerprint density at radius 3 is 2.56 bits per heavy atom. The van der Waals surface area contributed by atoms with Crippen LogP contribution >= 0.6 is 11.6 Å². The first kappa shape index (κ1) is 20.3. The van der Waals surface area contributed by atoms with Gasteiger partial charge in [0.1, 0.15) is 11.6 Å². The first-order chi connectivity index (χ1) is 12.8. The second kappa shape index (κ2) is 9.11. The minimum Gasteiger partial charge on any atom is -0.493 e. The largest absolute Gasteiger partial charge is 0.493 e. The van der Waals surface area contributed by atoms with Gasteiger partial charge in [-0.05, 0) is 62.2 Å². The molecule has 0 spiro atoms. The maximum atomic E-state index is 12.4. The number of carbonyl (C=O) groups excluding carboxylic acids is 1. The van der Waals surface area contributed by atoms with Crippen molar-refractivity contribution in [1.82, 2.24) is 0 Å². The summed E-state index contributed by atoms with van der Waals surface area (Å²) in [5, 5.41) is 12.6. The van der Waals surface area contributed by atoms with Crippen LogP contribution in [0.1, 0.15) is 25.0 Å². The van der Waals surface area contributed by atoms with Crippen molar-refractivity contribution in [1.29, 1.82) is 5.26 Å². The molecule has 1 N–H and O–H groups in total. The number of anilines is 1. The van der Waals surface area contributed by atoms with Gasteiger partial charge in [0.05, 0.1) is 13.2 Å². The summed E-state index contributed by atoms with van der Waals surface area (Å²) in [6.45, 7) is 5.71. The summed E-state index contributed by atoms with van der Waals surface area (Å²) in [6, 6.07) is 12.3. The minimum atomic E-state index is -0.515. The molecule has 27 heavy (non-hydrogen) atoms. The normalized spacial score (nSPS) is 11.1. The molecule has 0 aliphatic heterocycles. The van der Waals surface area contributed by atoms with Crippen LogP contribution in [0.4, 0.5) is 5.69 Å². The third-order valence-corrected chi connectivity index (χ3v) is 4.06. The van der Waals surface area contributed by atoms with Crippen molar-refractivity contribution in [2.45, 2.75) is 26.9 Å². The summed E-state index contributed by atoms with van der Waals surface area (Å²) in [6.07, 6.45) is 1.49. The number of hydrogen-bond acceptors (Lipinski definition) is 4. The first-order valence-corrected chi connectivity index (χ1v) is 8.75. The minimum absolute atomic E-state index is 0.00192. The van der Waals surface area contributed by atoms with Crippen molar-refractivity contribution in [2.24, 2.45) is 0 Å². The number of carbonyl (C=O) groups is 1. The van der Waals surface area contributed by atoms with Crippen LogP contribution in [-0.2, 0) is 4.79 Å². The summed E-state index contributed by atoms with van der Waals surface area (Å²) < 4.78 is 11.0. The highest BCUT2D eigenvalue weighted by Crippen LogP contribution is 2.30. The molecule has 2 aromatic rings. The van der Waals surface area contributed by atoms with Gasteiger partial charge in [-0.25, -0.2) is 0 Å². The molecule has 6 heteroatoms. The summed E-state index contributed by atoms with van der Waals surface area (Å²) in [4.78, 5) is 12.4. The molecule has 2 aromatic carbocycles. The SMILES string of the molecule is COc1cc(/C=C(\C#N)C(=O)Nc2ccc(C)c(Cl)c2)ccc1OC(C)C. The maximum Gasteiger partial charge on any atom is 0.266 e. The highest BCUT2D eigenvalue weighted by Gasteiger charge is 2.12. The Morgan fingerprint density at radius 2 is 1.96 bits per heavy atom. The molecule has 0 fully saturated rings. The molecular formula is C21H21ClN2O3. The predicted molar refractivity (Wildman–Crippen MR) is 107 cm³/mol. The molecule has 0 bridgehead atoms. The van der Waals surface area contributed by atoms with E-state index in [2.05, 4.69) is 5.32 Å². The molecule has 0 radical (unpaired) electrons.